The predicted molar refractivity (Wildman–Crippen MR) is 124 cm³/mol. The molecule has 0 unspecified atom stereocenters. The minimum absolute atomic E-state index is 0.0809. The van der Waals surface area contributed by atoms with Crippen LogP contribution >= 0.6 is 0 Å². The summed E-state index contributed by atoms with van der Waals surface area (Å²) in [6, 6.07) is 21.1. The molecule has 7 heteroatoms. The van der Waals surface area contributed by atoms with Crippen molar-refractivity contribution in [3.8, 4) is 11.1 Å². The lowest BCUT2D eigenvalue weighted by molar-refractivity contribution is -0.117. The van der Waals surface area contributed by atoms with Crippen LogP contribution in [-0.4, -0.2) is 26.9 Å². The molecular formula is C24H25N3O3S. The van der Waals surface area contributed by atoms with Crippen molar-refractivity contribution in [1.82, 2.24) is 5.32 Å². The Balaban J connectivity index is 1.66. The largest absolute Gasteiger partial charge is 0.324 e. The quantitative estimate of drug-likeness (QED) is 0.543. The highest BCUT2D eigenvalue weighted by Gasteiger charge is 2.23. The highest BCUT2D eigenvalue weighted by molar-refractivity contribution is 7.92. The number of aryl methyl sites for hydroxylation is 1. The van der Waals surface area contributed by atoms with Gasteiger partial charge in [-0.15, -0.1) is 0 Å². The molecule has 0 spiro atoms. The third-order valence-corrected chi connectivity index (χ3v) is 6.74. The Hall–Kier alpha value is -3.16. The van der Waals surface area contributed by atoms with Gasteiger partial charge >= 0.3 is 0 Å². The Bertz CT molecular complexity index is 1180. The van der Waals surface area contributed by atoms with Crippen molar-refractivity contribution in [1.29, 1.82) is 0 Å². The third kappa shape index (κ3) is 4.78. The van der Waals surface area contributed by atoms with E-state index in [1.165, 1.54) is 0 Å². The van der Waals surface area contributed by atoms with Crippen molar-refractivity contribution in [2.45, 2.75) is 30.7 Å². The second kappa shape index (κ2) is 8.91. The molecule has 3 N–H and O–H groups in total. The van der Waals surface area contributed by atoms with E-state index in [9.17, 15) is 13.2 Å². The highest BCUT2D eigenvalue weighted by atomic mass is 32.2. The van der Waals surface area contributed by atoms with E-state index in [1.807, 2.05) is 43.3 Å². The fourth-order valence-corrected chi connectivity index (χ4v) is 4.76. The van der Waals surface area contributed by atoms with Gasteiger partial charge in [0.2, 0.25) is 5.91 Å². The third-order valence-electron chi connectivity index (χ3n) is 5.35. The molecule has 1 aliphatic rings. The van der Waals surface area contributed by atoms with Gasteiger partial charge in [0.05, 0.1) is 16.6 Å². The number of hydrogen-bond acceptors (Lipinski definition) is 4. The monoisotopic (exact) mass is 435 g/mol. The minimum Gasteiger partial charge on any atom is -0.324 e. The first kappa shape index (κ1) is 21.1. The molecule has 3 aromatic rings. The topological polar surface area (TPSA) is 87.3 Å². The van der Waals surface area contributed by atoms with Gasteiger partial charge in [-0.1, -0.05) is 54.1 Å². The number of hydrogen-bond donors (Lipinski definition) is 3. The molecule has 1 atom stereocenters. The summed E-state index contributed by atoms with van der Waals surface area (Å²) in [5, 5.41) is 6.20. The van der Waals surface area contributed by atoms with Crippen molar-refractivity contribution in [3.63, 3.8) is 0 Å². The molecule has 31 heavy (non-hydrogen) atoms. The average Bonchev–Trinajstić information content (AvgIpc) is 3.30. The lowest BCUT2D eigenvalue weighted by Crippen LogP contribution is -2.35. The van der Waals surface area contributed by atoms with Crippen molar-refractivity contribution in [2.75, 3.05) is 16.6 Å². The van der Waals surface area contributed by atoms with E-state index in [0.29, 0.717) is 16.9 Å². The van der Waals surface area contributed by atoms with E-state index in [2.05, 4.69) is 15.4 Å². The molecule has 160 valence electrons. The number of rotatable bonds is 6. The summed E-state index contributed by atoms with van der Waals surface area (Å²) in [6.07, 6.45) is 1.78. The van der Waals surface area contributed by atoms with Crippen LogP contribution in [0.15, 0.2) is 77.7 Å². The van der Waals surface area contributed by atoms with E-state index >= 15 is 0 Å². The lowest BCUT2D eigenvalue weighted by Gasteiger charge is -2.17. The average molecular weight is 436 g/mol. The summed E-state index contributed by atoms with van der Waals surface area (Å²) in [4.78, 5) is 12.8. The van der Waals surface area contributed by atoms with Crippen molar-refractivity contribution in [2.24, 2.45) is 0 Å². The van der Waals surface area contributed by atoms with Gasteiger partial charge < -0.3 is 10.6 Å². The van der Waals surface area contributed by atoms with Crippen LogP contribution in [0.1, 0.15) is 18.4 Å². The Morgan fingerprint density at radius 3 is 2.16 bits per heavy atom. The molecule has 1 heterocycles. The Kier molecular flexibility index (Phi) is 6.06. The summed E-state index contributed by atoms with van der Waals surface area (Å²) < 4.78 is 28.6. The standard InChI is InChI=1S/C24H25N3O3S/c1-17-12-14-18(15-13-17)31(29,30)27-22-10-5-3-8-20(22)19-7-2-4-9-21(19)26-24(28)23-11-6-16-25-23/h2-5,7-10,12-15,23,25,27H,6,11,16H2,1H3,(H,26,28)/t23-/m1/s1. The first-order valence-electron chi connectivity index (χ1n) is 10.3. The van der Waals surface area contributed by atoms with Crippen molar-refractivity contribution < 1.29 is 13.2 Å². The van der Waals surface area contributed by atoms with Gasteiger partial charge in [0.15, 0.2) is 0 Å². The number of carbonyl (C=O) groups excluding carboxylic acids is 1. The van der Waals surface area contributed by atoms with Crippen LogP contribution in [0.3, 0.4) is 0 Å². The van der Waals surface area contributed by atoms with Crippen LogP contribution in [0, 0.1) is 6.92 Å². The molecule has 0 bridgehead atoms. The van der Waals surface area contributed by atoms with E-state index in [1.54, 1.807) is 36.4 Å². The van der Waals surface area contributed by atoms with Gasteiger partial charge in [-0.25, -0.2) is 8.42 Å². The van der Waals surface area contributed by atoms with Crippen LogP contribution in [0.2, 0.25) is 0 Å². The molecule has 3 aromatic carbocycles. The number of amides is 1. The molecule has 0 saturated carbocycles. The molecule has 0 radical (unpaired) electrons. The number of sulfonamides is 1. The van der Waals surface area contributed by atoms with Gasteiger partial charge in [0.1, 0.15) is 0 Å². The van der Waals surface area contributed by atoms with Crippen LogP contribution in [0.25, 0.3) is 11.1 Å². The fourth-order valence-electron chi connectivity index (χ4n) is 3.68. The van der Waals surface area contributed by atoms with Crippen molar-refractivity contribution in [3.05, 3.63) is 78.4 Å². The van der Waals surface area contributed by atoms with Gasteiger partial charge in [0.25, 0.3) is 10.0 Å². The van der Waals surface area contributed by atoms with E-state index < -0.39 is 10.0 Å². The maximum atomic E-state index is 12.9. The van der Waals surface area contributed by atoms with E-state index in [0.717, 1.165) is 30.5 Å². The van der Waals surface area contributed by atoms with Crippen molar-refractivity contribution >= 4 is 27.3 Å². The van der Waals surface area contributed by atoms with Crippen LogP contribution in [-0.2, 0) is 14.8 Å². The summed E-state index contributed by atoms with van der Waals surface area (Å²) in [6.45, 7) is 2.74. The van der Waals surface area contributed by atoms with Gasteiger partial charge in [-0.05, 0) is 50.6 Å². The summed E-state index contributed by atoms with van der Waals surface area (Å²) in [5.74, 6) is -0.0809. The maximum absolute atomic E-state index is 12.9. The SMILES string of the molecule is Cc1ccc(S(=O)(=O)Nc2ccccc2-c2ccccc2NC(=O)[C@H]2CCCN2)cc1. The van der Waals surface area contributed by atoms with Crippen LogP contribution < -0.4 is 15.4 Å². The predicted octanol–water partition coefficient (Wildman–Crippen LogP) is 4.15. The number of benzene rings is 3. The Morgan fingerprint density at radius 1 is 0.903 bits per heavy atom. The molecule has 0 aliphatic carbocycles. The van der Waals surface area contributed by atoms with E-state index in [-0.39, 0.29) is 16.8 Å². The normalized spacial score (nSPS) is 16.1. The number of anilines is 2. The molecule has 1 aliphatic heterocycles. The smallest absolute Gasteiger partial charge is 0.261 e. The highest BCUT2D eigenvalue weighted by Crippen LogP contribution is 2.34. The van der Waals surface area contributed by atoms with Crippen LogP contribution in [0.5, 0.6) is 0 Å². The number of carbonyl (C=O) groups is 1. The Morgan fingerprint density at radius 2 is 1.52 bits per heavy atom. The lowest BCUT2D eigenvalue weighted by atomic mass is 10.0. The maximum Gasteiger partial charge on any atom is 0.261 e. The molecular weight excluding hydrogens is 410 g/mol. The first-order valence-corrected chi connectivity index (χ1v) is 11.7. The molecule has 4 rings (SSSR count). The summed E-state index contributed by atoms with van der Waals surface area (Å²) >= 11 is 0. The van der Waals surface area contributed by atoms with E-state index in [4.69, 9.17) is 0 Å². The molecule has 0 aromatic heterocycles. The summed E-state index contributed by atoms with van der Waals surface area (Å²) in [7, 11) is -3.76. The fraction of sp³-hybridized carbons (Fsp3) is 0.208. The summed E-state index contributed by atoms with van der Waals surface area (Å²) in [5.41, 5.74) is 3.51. The van der Waals surface area contributed by atoms with Gasteiger partial charge in [-0.2, -0.15) is 0 Å². The Labute approximate surface area is 182 Å². The molecule has 1 saturated heterocycles. The molecule has 6 nitrogen and oxygen atoms in total. The second-order valence-corrected chi connectivity index (χ2v) is 9.33. The first-order chi connectivity index (χ1) is 14.9. The number of para-hydroxylation sites is 2. The van der Waals surface area contributed by atoms with Crippen LogP contribution in [0.4, 0.5) is 11.4 Å². The number of nitrogens with one attached hydrogen (secondary N) is 3. The molecule has 1 fully saturated rings. The zero-order valence-corrected chi connectivity index (χ0v) is 18.1. The minimum atomic E-state index is -3.76. The van der Waals surface area contributed by atoms with Gasteiger partial charge in [0, 0.05) is 16.8 Å². The molecule has 1 amide bonds. The van der Waals surface area contributed by atoms with Gasteiger partial charge in [-0.3, -0.25) is 9.52 Å². The zero-order chi connectivity index (χ0) is 21.8. The second-order valence-electron chi connectivity index (χ2n) is 7.65. The zero-order valence-electron chi connectivity index (χ0n) is 17.3.